The van der Waals surface area contributed by atoms with E-state index in [1.165, 1.54) is 5.57 Å². The first-order valence-electron chi connectivity index (χ1n) is 8.57. The van der Waals surface area contributed by atoms with Crippen LogP contribution in [0.25, 0.3) is 4.85 Å². The minimum absolute atomic E-state index is 0.127. The first-order valence-corrected chi connectivity index (χ1v) is 8.57. The molecule has 0 aromatic rings. The summed E-state index contributed by atoms with van der Waals surface area (Å²) in [6, 6.07) is 0. The summed E-state index contributed by atoms with van der Waals surface area (Å²) in [5.41, 5.74) is 3.14. The van der Waals surface area contributed by atoms with Crippen molar-refractivity contribution in [2.45, 2.75) is 60.0 Å². The zero-order valence-electron chi connectivity index (χ0n) is 15.0. The molecule has 1 fully saturated rings. The Labute approximate surface area is 140 Å². The predicted octanol–water partition coefficient (Wildman–Crippen LogP) is 5.63. The molecular formula is C20H29NO2. The van der Waals surface area contributed by atoms with Gasteiger partial charge in [0.25, 0.3) is 0 Å². The van der Waals surface area contributed by atoms with Gasteiger partial charge in [0, 0.05) is 0 Å². The van der Waals surface area contributed by atoms with E-state index >= 15 is 0 Å². The largest absolute Gasteiger partial charge is 0.252 e. The summed E-state index contributed by atoms with van der Waals surface area (Å²) in [5.74, 6) is 1.20. The van der Waals surface area contributed by atoms with Crippen LogP contribution in [0.1, 0.15) is 53.9 Å². The first kappa shape index (κ1) is 18.0. The van der Waals surface area contributed by atoms with Crippen LogP contribution in [-0.4, -0.2) is 11.4 Å². The van der Waals surface area contributed by atoms with Crippen LogP contribution in [-0.2, 0) is 4.89 Å². The summed E-state index contributed by atoms with van der Waals surface area (Å²) in [6.45, 7) is 18.6. The Morgan fingerprint density at radius 2 is 2.13 bits per heavy atom. The van der Waals surface area contributed by atoms with Crippen LogP contribution in [0.15, 0.2) is 35.1 Å². The highest BCUT2D eigenvalue weighted by molar-refractivity contribution is 5.40. The Bertz CT molecular complexity index is 575. The van der Waals surface area contributed by atoms with Gasteiger partial charge in [-0.2, -0.15) is 0 Å². The molecule has 0 aliphatic heterocycles. The Balaban J connectivity index is 2.39. The van der Waals surface area contributed by atoms with Gasteiger partial charge in [0.2, 0.25) is 0 Å². The van der Waals surface area contributed by atoms with E-state index in [0.717, 1.165) is 18.4 Å². The van der Waals surface area contributed by atoms with E-state index < -0.39 is 6.10 Å². The van der Waals surface area contributed by atoms with Gasteiger partial charge >= 0.3 is 0 Å². The van der Waals surface area contributed by atoms with Crippen LogP contribution < -0.4 is 0 Å². The Morgan fingerprint density at radius 1 is 1.43 bits per heavy atom. The fourth-order valence-electron chi connectivity index (χ4n) is 3.94. The van der Waals surface area contributed by atoms with Crippen molar-refractivity contribution in [2.75, 3.05) is 0 Å². The second kappa shape index (κ2) is 7.03. The lowest BCUT2D eigenvalue weighted by atomic mass is 9.76. The minimum Gasteiger partial charge on any atom is -0.252 e. The third-order valence-corrected chi connectivity index (χ3v) is 5.23. The van der Waals surface area contributed by atoms with Crippen molar-refractivity contribution in [3.8, 4) is 0 Å². The van der Waals surface area contributed by atoms with Crippen LogP contribution in [0.3, 0.4) is 0 Å². The standard InChI is InChI=1S/C20H29NO2/c1-13(2)7-10-18(23-22)19(21-6)16-12-20(4,5)17-9-8-14(3)11-15(16)17/h8-9,11,13,15,17-18,22H,7,10,12H2,1-5H3. The quantitative estimate of drug-likeness (QED) is 0.405. The minimum atomic E-state index is -0.501. The molecule has 0 radical (unpaired) electrons. The molecule has 0 bridgehead atoms. The number of fused-ring (bicyclic) bond motifs is 1. The van der Waals surface area contributed by atoms with E-state index in [1.54, 1.807) is 0 Å². The maximum atomic E-state index is 9.37. The number of rotatable bonds is 5. The van der Waals surface area contributed by atoms with Crippen LogP contribution in [0.5, 0.6) is 0 Å². The van der Waals surface area contributed by atoms with E-state index in [0.29, 0.717) is 24.0 Å². The molecule has 1 N–H and O–H groups in total. The van der Waals surface area contributed by atoms with Gasteiger partial charge in [0.1, 0.15) is 6.10 Å². The van der Waals surface area contributed by atoms with Gasteiger partial charge < -0.3 is 0 Å². The number of nitrogens with zero attached hydrogens (tertiary/aromatic N) is 1. The third-order valence-electron chi connectivity index (χ3n) is 5.23. The Hall–Kier alpha value is -1.37. The van der Waals surface area contributed by atoms with Gasteiger partial charge in [-0.15, -0.1) is 0 Å². The van der Waals surface area contributed by atoms with Crippen LogP contribution in [0.4, 0.5) is 0 Å². The number of hydrogen-bond donors (Lipinski definition) is 1. The molecule has 2 aliphatic rings. The van der Waals surface area contributed by atoms with Crippen molar-refractivity contribution in [3.05, 3.63) is 46.5 Å². The maximum absolute atomic E-state index is 9.37. The highest BCUT2D eigenvalue weighted by Crippen LogP contribution is 2.54. The molecule has 1 saturated carbocycles. The lowest BCUT2D eigenvalue weighted by Crippen LogP contribution is -2.21. The molecular weight excluding hydrogens is 286 g/mol. The van der Waals surface area contributed by atoms with Crippen LogP contribution >= 0.6 is 0 Å². The van der Waals surface area contributed by atoms with Gasteiger partial charge in [0.05, 0.1) is 6.57 Å². The predicted molar refractivity (Wildman–Crippen MR) is 93.5 cm³/mol. The summed E-state index contributed by atoms with van der Waals surface area (Å²) in [7, 11) is 0. The highest BCUT2D eigenvalue weighted by Gasteiger charge is 2.45. The molecule has 3 unspecified atom stereocenters. The average molecular weight is 315 g/mol. The van der Waals surface area contributed by atoms with E-state index in [1.807, 2.05) is 0 Å². The summed E-state index contributed by atoms with van der Waals surface area (Å²) in [4.78, 5) is 8.52. The smallest absolute Gasteiger partial charge is 0.196 e. The summed E-state index contributed by atoms with van der Waals surface area (Å²) >= 11 is 0. The van der Waals surface area contributed by atoms with Gasteiger partial charge in [-0.3, -0.25) is 5.26 Å². The second-order valence-corrected chi connectivity index (χ2v) is 8.07. The zero-order valence-corrected chi connectivity index (χ0v) is 15.0. The molecule has 2 aliphatic carbocycles. The molecule has 2 rings (SSSR count). The van der Waals surface area contributed by atoms with Crippen molar-refractivity contribution < 1.29 is 10.1 Å². The summed E-state index contributed by atoms with van der Waals surface area (Å²) < 4.78 is 0. The Kier molecular flexibility index (Phi) is 5.49. The fourth-order valence-corrected chi connectivity index (χ4v) is 3.94. The number of allylic oxidation sites excluding steroid dienone is 5. The molecule has 0 spiro atoms. The SMILES string of the molecule is [C-]#[N+]C(=C1CC(C)(C)C2C=CC(C)=CC12)C(CCC(C)C)OO. The Morgan fingerprint density at radius 3 is 2.70 bits per heavy atom. The van der Waals surface area contributed by atoms with Crippen molar-refractivity contribution in [1.29, 1.82) is 0 Å². The molecule has 126 valence electrons. The highest BCUT2D eigenvalue weighted by atomic mass is 17.1. The maximum Gasteiger partial charge on any atom is 0.196 e. The van der Waals surface area contributed by atoms with Gasteiger partial charge in [-0.25, -0.2) is 9.73 Å². The van der Waals surface area contributed by atoms with Gasteiger partial charge in [-0.05, 0) is 49.4 Å². The molecule has 3 nitrogen and oxygen atoms in total. The molecule has 0 aromatic carbocycles. The normalized spacial score (nSPS) is 29.0. The van der Waals surface area contributed by atoms with Crippen molar-refractivity contribution in [2.24, 2.45) is 23.2 Å². The van der Waals surface area contributed by atoms with Crippen molar-refractivity contribution in [3.63, 3.8) is 0 Å². The monoisotopic (exact) mass is 315 g/mol. The third kappa shape index (κ3) is 3.76. The van der Waals surface area contributed by atoms with E-state index in [9.17, 15) is 5.26 Å². The molecule has 0 aromatic heterocycles. The lowest BCUT2D eigenvalue weighted by molar-refractivity contribution is -0.269. The molecule has 0 amide bonds. The fraction of sp³-hybridized carbons (Fsp3) is 0.650. The van der Waals surface area contributed by atoms with E-state index in [4.69, 9.17) is 11.5 Å². The molecule has 23 heavy (non-hydrogen) atoms. The van der Waals surface area contributed by atoms with E-state index in [-0.39, 0.29) is 11.3 Å². The number of hydrogen-bond acceptors (Lipinski definition) is 2. The van der Waals surface area contributed by atoms with Gasteiger partial charge in [0.15, 0.2) is 5.70 Å². The van der Waals surface area contributed by atoms with Crippen LogP contribution in [0.2, 0.25) is 0 Å². The van der Waals surface area contributed by atoms with Crippen molar-refractivity contribution in [1.82, 2.24) is 0 Å². The molecule has 0 heterocycles. The topological polar surface area (TPSA) is 33.8 Å². The van der Waals surface area contributed by atoms with Crippen molar-refractivity contribution >= 4 is 0 Å². The molecule has 3 heteroatoms. The average Bonchev–Trinajstić information content (AvgIpc) is 2.74. The van der Waals surface area contributed by atoms with Gasteiger partial charge in [-0.1, -0.05) is 57.1 Å². The lowest BCUT2D eigenvalue weighted by Gasteiger charge is -2.29. The molecule has 3 atom stereocenters. The molecule has 0 saturated heterocycles. The van der Waals surface area contributed by atoms with Crippen LogP contribution in [0, 0.1) is 29.7 Å². The zero-order chi connectivity index (χ0) is 17.2. The van der Waals surface area contributed by atoms with E-state index in [2.05, 4.69) is 57.7 Å². The summed E-state index contributed by atoms with van der Waals surface area (Å²) in [6.07, 6.45) is 8.75. The summed E-state index contributed by atoms with van der Waals surface area (Å²) in [5, 5.41) is 9.37. The first-order chi connectivity index (χ1) is 10.8. The second-order valence-electron chi connectivity index (χ2n) is 8.07.